The van der Waals surface area contributed by atoms with Crippen LogP contribution in [0.1, 0.15) is 5.56 Å². The molecule has 0 aromatic heterocycles. The van der Waals surface area contributed by atoms with E-state index in [2.05, 4.69) is 85.8 Å². The number of hydrogen-bond acceptors (Lipinski definition) is 0. The highest BCUT2D eigenvalue weighted by molar-refractivity contribution is 6.30. The lowest BCUT2D eigenvalue weighted by atomic mass is 9.89. The Labute approximate surface area is 146 Å². The highest BCUT2D eigenvalue weighted by atomic mass is 14.3. The number of benzene rings is 5. The van der Waals surface area contributed by atoms with Crippen LogP contribution in [0.4, 0.5) is 0 Å². The number of rotatable bonds is 0. The normalized spacial score (nSPS) is 12.2. The summed E-state index contributed by atoms with van der Waals surface area (Å²) in [5.41, 5.74) is 6.99. The zero-order valence-corrected chi connectivity index (χ0v) is 14.0. The summed E-state index contributed by atoms with van der Waals surface area (Å²) >= 11 is 0. The van der Waals surface area contributed by atoms with E-state index >= 15 is 0 Å². The van der Waals surface area contributed by atoms with Gasteiger partial charge < -0.3 is 0 Å². The molecule has 25 heavy (non-hydrogen) atoms. The summed E-state index contributed by atoms with van der Waals surface area (Å²) in [6, 6.07) is 28.9. The molecule has 0 atom stereocenters. The van der Waals surface area contributed by atoms with Crippen molar-refractivity contribution >= 4 is 32.3 Å². The van der Waals surface area contributed by atoms with Crippen LogP contribution in [0.2, 0.25) is 0 Å². The van der Waals surface area contributed by atoms with E-state index < -0.39 is 0 Å². The molecule has 0 aliphatic heterocycles. The van der Waals surface area contributed by atoms with Crippen molar-refractivity contribution in [3.63, 3.8) is 0 Å². The molecule has 116 valence electrons. The highest BCUT2D eigenvalue weighted by Crippen LogP contribution is 2.54. The first kappa shape index (κ1) is 13.2. The second-order valence-electron chi connectivity index (χ2n) is 7.00. The van der Waals surface area contributed by atoms with E-state index in [1.165, 1.54) is 60.1 Å². The lowest BCUT2D eigenvalue weighted by molar-refractivity contribution is 1.51. The van der Waals surface area contributed by atoms with E-state index in [4.69, 9.17) is 0 Å². The van der Waals surface area contributed by atoms with Crippen LogP contribution in [0.25, 0.3) is 54.6 Å². The summed E-state index contributed by atoms with van der Waals surface area (Å²) < 4.78 is 0. The van der Waals surface area contributed by atoms with Crippen LogP contribution >= 0.6 is 0 Å². The summed E-state index contributed by atoms with van der Waals surface area (Å²) in [5, 5.41) is 8.17. The van der Waals surface area contributed by atoms with E-state index in [1.807, 2.05) is 0 Å². The van der Waals surface area contributed by atoms with E-state index in [1.54, 1.807) is 0 Å². The third kappa shape index (κ3) is 1.52. The van der Waals surface area contributed by atoms with Gasteiger partial charge in [0.1, 0.15) is 0 Å². The van der Waals surface area contributed by atoms with Crippen molar-refractivity contribution in [1.29, 1.82) is 0 Å². The van der Waals surface area contributed by atoms with Gasteiger partial charge in [-0.05, 0) is 67.1 Å². The van der Waals surface area contributed by atoms with Crippen LogP contribution in [0, 0.1) is 6.92 Å². The van der Waals surface area contributed by atoms with Crippen molar-refractivity contribution in [1.82, 2.24) is 0 Å². The fourth-order valence-electron chi connectivity index (χ4n) is 4.69. The van der Waals surface area contributed by atoms with Gasteiger partial charge in [0, 0.05) is 0 Å². The van der Waals surface area contributed by atoms with Crippen LogP contribution < -0.4 is 0 Å². The predicted molar refractivity (Wildman–Crippen MR) is 108 cm³/mol. The summed E-state index contributed by atoms with van der Waals surface area (Å²) in [6.45, 7) is 2.24. The van der Waals surface area contributed by atoms with Crippen molar-refractivity contribution in [3.05, 3.63) is 84.4 Å². The molecule has 0 spiro atoms. The number of fused-ring (bicyclic) bond motifs is 8. The zero-order chi connectivity index (χ0) is 16.5. The average molecular weight is 316 g/mol. The molecule has 0 heteroatoms. The number of hydrogen-bond donors (Lipinski definition) is 0. The molecule has 0 saturated heterocycles. The molecule has 5 aromatic carbocycles. The first-order valence-electron chi connectivity index (χ1n) is 8.81. The molecule has 1 aliphatic carbocycles. The van der Waals surface area contributed by atoms with Gasteiger partial charge in [0.05, 0.1) is 0 Å². The van der Waals surface area contributed by atoms with Crippen LogP contribution in [0.3, 0.4) is 0 Å². The average Bonchev–Trinajstić information content (AvgIpc) is 3.03. The van der Waals surface area contributed by atoms with Gasteiger partial charge in [-0.1, -0.05) is 78.9 Å². The van der Waals surface area contributed by atoms with Gasteiger partial charge in [-0.15, -0.1) is 0 Å². The minimum Gasteiger partial charge on any atom is -0.0616 e. The monoisotopic (exact) mass is 316 g/mol. The molecule has 0 bridgehead atoms. The standard InChI is InChI=1S/C25H16/c1-15-13-14-16-7-6-12-21-23(16)22(15)25-20-11-5-3-9-18(20)17-8-2-4-10-19(17)24(21)25/h2-14H,1H3. The Balaban J connectivity index is 2.01. The highest BCUT2D eigenvalue weighted by Gasteiger charge is 2.27. The molecule has 1 aliphatic rings. The van der Waals surface area contributed by atoms with E-state index in [-0.39, 0.29) is 0 Å². The van der Waals surface area contributed by atoms with Gasteiger partial charge in [-0.2, -0.15) is 0 Å². The molecule has 5 aromatic rings. The van der Waals surface area contributed by atoms with Gasteiger partial charge >= 0.3 is 0 Å². The fourth-order valence-corrected chi connectivity index (χ4v) is 4.69. The minimum atomic E-state index is 1.34. The Bertz CT molecular complexity index is 1340. The van der Waals surface area contributed by atoms with Gasteiger partial charge in [0.25, 0.3) is 0 Å². The Morgan fingerprint density at radius 3 is 1.84 bits per heavy atom. The molecule has 0 saturated carbocycles. The Morgan fingerprint density at radius 1 is 0.480 bits per heavy atom. The molecular weight excluding hydrogens is 300 g/mol. The maximum atomic E-state index is 2.29. The van der Waals surface area contributed by atoms with Crippen molar-refractivity contribution in [3.8, 4) is 22.3 Å². The van der Waals surface area contributed by atoms with Crippen LogP contribution in [-0.2, 0) is 0 Å². The largest absolute Gasteiger partial charge is 0.0616 e. The lowest BCUT2D eigenvalue weighted by Gasteiger charge is -2.13. The Morgan fingerprint density at radius 2 is 1.12 bits per heavy atom. The molecule has 0 fully saturated rings. The summed E-state index contributed by atoms with van der Waals surface area (Å²) in [6.07, 6.45) is 0. The number of aryl methyl sites for hydroxylation is 1. The molecule has 0 heterocycles. The summed E-state index contributed by atoms with van der Waals surface area (Å²) in [7, 11) is 0. The molecule has 0 unspecified atom stereocenters. The fraction of sp³-hybridized carbons (Fsp3) is 0.0400. The van der Waals surface area contributed by atoms with E-state index in [0.717, 1.165) is 0 Å². The second kappa shape index (κ2) is 4.49. The van der Waals surface area contributed by atoms with Crippen molar-refractivity contribution in [2.24, 2.45) is 0 Å². The van der Waals surface area contributed by atoms with Crippen LogP contribution in [-0.4, -0.2) is 0 Å². The maximum Gasteiger partial charge on any atom is -0.00110 e. The van der Waals surface area contributed by atoms with Crippen LogP contribution in [0.15, 0.2) is 78.9 Å². The Kier molecular flexibility index (Phi) is 2.37. The van der Waals surface area contributed by atoms with Gasteiger partial charge in [0.15, 0.2) is 0 Å². The van der Waals surface area contributed by atoms with E-state index in [9.17, 15) is 0 Å². The second-order valence-corrected chi connectivity index (χ2v) is 7.00. The van der Waals surface area contributed by atoms with Crippen molar-refractivity contribution in [2.75, 3.05) is 0 Å². The minimum absolute atomic E-state index is 1.34. The lowest BCUT2D eigenvalue weighted by Crippen LogP contribution is -1.87. The quantitative estimate of drug-likeness (QED) is 0.262. The smallest absolute Gasteiger partial charge is 0.00110 e. The molecule has 0 radical (unpaired) electrons. The van der Waals surface area contributed by atoms with Gasteiger partial charge in [0.2, 0.25) is 0 Å². The van der Waals surface area contributed by atoms with Gasteiger partial charge in [-0.25, -0.2) is 0 Å². The molecule has 6 rings (SSSR count). The van der Waals surface area contributed by atoms with Gasteiger partial charge in [-0.3, -0.25) is 0 Å². The molecular formula is C25H16. The summed E-state index contributed by atoms with van der Waals surface area (Å²) in [5.74, 6) is 0. The molecule has 0 amide bonds. The summed E-state index contributed by atoms with van der Waals surface area (Å²) in [4.78, 5) is 0. The maximum absolute atomic E-state index is 2.29. The van der Waals surface area contributed by atoms with Crippen molar-refractivity contribution < 1.29 is 0 Å². The third-order valence-electron chi connectivity index (χ3n) is 5.71. The SMILES string of the molecule is Cc1ccc2cccc3c2c1-c1c-3c2ccccc2c2ccccc12. The van der Waals surface area contributed by atoms with Crippen LogP contribution in [0.5, 0.6) is 0 Å². The molecule has 0 N–H and O–H groups in total. The topological polar surface area (TPSA) is 0 Å². The van der Waals surface area contributed by atoms with E-state index in [0.29, 0.717) is 0 Å². The zero-order valence-electron chi connectivity index (χ0n) is 14.0. The Hall–Kier alpha value is -3.12. The first-order valence-corrected chi connectivity index (χ1v) is 8.81. The van der Waals surface area contributed by atoms with Crippen molar-refractivity contribution in [2.45, 2.75) is 6.92 Å². The first-order chi connectivity index (χ1) is 12.3. The third-order valence-corrected chi connectivity index (χ3v) is 5.71. The molecule has 0 nitrogen and oxygen atoms in total. The predicted octanol–water partition coefficient (Wildman–Crippen LogP) is 7.10.